The maximum absolute atomic E-state index is 11.3. The van der Waals surface area contributed by atoms with Crippen LogP contribution in [-0.2, 0) is 19.1 Å². The second kappa shape index (κ2) is 9.87. The SMILES string of the molecule is C=CCCCCCCC(C(=O)OC)C(=O)OC. The molecule has 4 nitrogen and oxygen atoms in total. The van der Waals surface area contributed by atoms with Crippen LogP contribution in [0.15, 0.2) is 12.7 Å². The number of rotatable bonds is 9. The van der Waals surface area contributed by atoms with Gasteiger partial charge in [0, 0.05) is 0 Å². The van der Waals surface area contributed by atoms with E-state index in [0.29, 0.717) is 6.42 Å². The van der Waals surface area contributed by atoms with E-state index in [-0.39, 0.29) is 0 Å². The second-order valence-corrected chi connectivity index (χ2v) is 3.88. The molecule has 0 spiro atoms. The van der Waals surface area contributed by atoms with Crippen LogP contribution in [0.3, 0.4) is 0 Å². The Kier molecular flexibility index (Phi) is 9.11. The van der Waals surface area contributed by atoms with Crippen LogP contribution in [0.4, 0.5) is 0 Å². The molecular weight excluding hydrogens is 220 g/mol. The van der Waals surface area contributed by atoms with Crippen LogP contribution in [0.25, 0.3) is 0 Å². The van der Waals surface area contributed by atoms with E-state index in [9.17, 15) is 9.59 Å². The van der Waals surface area contributed by atoms with Gasteiger partial charge in [0.05, 0.1) is 14.2 Å². The first kappa shape index (κ1) is 15.7. The third-order valence-electron chi connectivity index (χ3n) is 2.62. The zero-order valence-corrected chi connectivity index (χ0v) is 10.7. The summed E-state index contributed by atoms with van der Waals surface area (Å²) in [5, 5.41) is 0. The number of ether oxygens (including phenoxy) is 2. The van der Waals surface area contributed by atoms with Crippen molar-refractivity contribution in [3.63, 3.8) is 0 Å². The van der Waals surface area contributed by atoms with Crippen LogP contribution >= 0.6 is 0 Å². The van der Waals surface area contributed by atoms with Crippen LogP contribution in [0.5, 0.6) is 0 Å². The molecule has 0 aliphatic carbocycles. The molecule has 0 atom stereocenters. The lowest BCUT2D eigenvalue weighted by molar-refractivity contribution is -0.159. The van der Waals surface area contributed by atoms with Gasteiger partial charge in [-0.25, -0.2) is 0 Å². The Bertz CT molecular complexity index is 232. The van der Waals surface area contributed by atoms with Gasteiger partial charge in [0.25, 0.3) is 0 Å². The number of methoxy groups -OCH3 is 2. The highest BCUT2D eigenvalue weighted by molar-refractivity contribution is 5.94. The van der Waals surface area contributed by atoms with Crippen molar-refractivity contribution < 1.29 is 19.1 Å². The standard InChI is InChI=1S/C13H22O4/c1-4-5-6-7-8-9-10-11(12(14)16-2)13(15)17-3/h4,11H,1,5-10H2,2-3H3. The van der Waals surface area contributed by atoms with Gasteiger partial charge < -0.3 is 9.47 Å². The van der Waals surface area contributed by atoms with E-state index >= 15 is 0 Å². The molecule has 0 rings (SSSR count). The second-order valence-electron chi connectivity index (χ2n) is 3.88. The Morgan fingerprint density at radius 3 is 2.06 bits per heavy atom. The van der Waals surface area contributed by atoms with Crippen molar-refractivity contribution in [1.29, 1.82) is 0 Å². The van der Waals surface area contributed by atoms with Crippen molar-refractivity contribution >= 4 is 11.9 Å². The minimum atomic E-state index is -0.774. The molecule has 4 heteroatoms. The van der Waals surface area contributed by atoms with Crippen molar-refractivity contribution in [3.8, 4) is 0 Å². The highest BCUT2D eigenvalue weighted by Gasteiger charge is 2.27. The van der Waals surface area contributed by atoms with Crippen molar-refractivity contribution in [2.24, 2.45) is 5.92 Å². The Labute approximate surface area is 103 Å². The molecule has 0 saturated heterocycles. The van der Waals surface area contributed by atoms with Crippen molar-refractivity contribution in [2.45, 2.75) is 38.5 Å². The minimum absolute atomic E-state index is 0.493. The van der Waals surface area contributed by atoms with Crippen molar-refractivity contribution in [2.75, 3.05) is 14.2 Å². The first-order valence-corrected chi connectivity index (χ1v) is 5.94. The summed E-state index contributed by atoms with van der Waals surface area (Å²) < 4.78 is 9.16. The Morgan fingerprint density at radius 1 is 1.06 bits per heavy atom. The van der Waals surface area contributed by atoms with Gasteiger partial charge in [-0.15, -0.1) is 6.58 Å². The number of allylic oxidation sites excluding steroid dienone is 1. The molecular formula is C13H22O4. The largest absolute Gasteiger partial charge is 0.468 e. The first-order chi connectivity index (χ1) is 8.17. The monoisotopic (exact) mass is 242 g/mol. The van der Waals surface area contributed by atoms with Crippen molar-refractivity contribution in [3.05, 3.63) is 12.7 Å². The quantitative estimate of drug-likeness (QED) is 0.270. The molecule has 0 fully saturated rings. The normalized spacial score (nSPS) is 10.1. The molecule has 0 heterocycles. The van der Waals surface area contributed by atoms with E-state index in [1.165, 1.54) is 14.2 Å². The van der Waals surface area contributed by atoms with Crippen LogP contribution in [-0.4, -0.2) is 26.2 Å². The molecule has 0 aromatic carbocycles. The summed E-state index contributed by atoms with van der Waals surface area (Å²) in [7, 11) is 2.56. The fourth-order valence-electron chi connectivity index (χ4n) is 1.61. The fraction of sp³-hybridized carbons (Fsp3) is 0.692. The third kappa shape index (κ3) is 6.76. The highest BCUT2D eigenvalue weighted by atomic mass is 16.5. The van der Waals surface area contributed by atoms with Crippen LogP contribution in [0.1, 0.15) is 38.5 Å². The Hall–Kier alpha value is -1.32. The predicted octanol–water partition coefficient (Wildman–Crippen LogP) is 2.48. The maximum Gasteiger partial charge on any atom is 0.320 e. The third-order valence-corrected chi connectivity index (χ3v) is 2.62. The zero-order chi connectivity index (χ0) is 13.1. The molecule has 0 amide bonds. The van der Waals surface area contributed by atoms with E-state index in [1.54, 1.807) is 0 Å². The molecule has 0 aromatic heterocycles. The van der Waals surface area contributed by atoms with Crippen LogP contribution < -0.4 is 0 Å². The lowest BCUT2D eigenvalue weighted by Gasteiger charge is -2.11. The summed E-state index contributed by atoms with van der Waals surface area (Å²) in [5.41, 5.74) is 0. The summed E-state index contributed by atoms with van der Waals surface area (Å²) in [6.07, 6.45) is 7.41. The van der Waals surface area contributed by atoms with E-state index in [0.717, 1.165) is 32.1 Å². The van der Waals surface area contributed by atoms with Gasteiger partial charge in [0.15, 0.2) is 5.92 Å². The van der Waals surface area contributed by atoms with E-state index in [1.807, 2.05) is 6.08 Å². The summed E-state index contributed by atoms with van der Waals surface area (Å²) in [6, 6.07) is 0. The number of unbranched alkanes of at least 4 members (excludes halogenated alkanes) is 4. The van der Waals surface area contributed by atoms with Gasteiger partial charge in [-0.05, 0) is 19.3 Å². The van der Waals surface area contributed by atoms with Gasteiger partial charge >= 0.3 is 11.9 Å². The van der Waals surface area contributed by atoms with Crippen molar-refractivity contribution in [1.82, 2.24) is 0 Å². The topological polar surface area (TPSA) is 52.6 Å². The first-order valence-electron chi connectivity index (χ1n) is 5.94. The predicted molar refractivity (Wildman–Crippen MR) is 65.4 cm³/mol. The van der Waals surface area contributed by atoms with Crippen LogP contribution in [0.2, 0.25) is 0 Å². The van der Waals surface area contributed by atoms with Gasteiger partial charge in [-0.1, -0.05) is 25.3 Å². The molecule has 98 valence electrons. The molecule has 0 bridgehead atoms. The maximum atomic E-state index is 11.3. The van der Waals surface area contributed by atoms with Gasteiger partial charge in [-0.3, -0.25) is 9.59 Å². The average molecular weight is 242 g/mol. The molecule has 0 aliphatic heterocycles. The van der Waals surface area contributed by atoms with Gasteiger partial charge in [0.2, 0.25) is 0 Å². The van der Waals surface area contributed by atoms with E-state index in [2.05, 4.69) is 16.1 Å². The number of hydrogen-bond acceptors (Lipinski definition) is 4. The Morgan fingerprint density at radius 2 is 1.59 bits per heavy atom. The molecule has 17 heavy (non-hydrogen) atoms. The minimum Gasteiger partial charge on any atom is -0.468 e. The molecule has 0 aliphatic rings. The molecule has 0 saturated carbocycles. The lowest BCUT2D eigenvalue weighted by atomic mass is 10.0. The molecule has 0 aromatic rings. The highest BCUT2D eigenvalue weighted by Crippen LogP contribution is 2.14. The number of carbonyl (C=O) groups is 2. The molecule has 0 radical (unpaired) electrons. The number of carbonyl (C=O) groups excluding carboxylic acids is 2. The van der Waals surface area contributed by atoms with Gasteiger partial charge in [-0.2, -0.15) is 0 Å². The lowest BCUT2D eigenvalue weighted by Crippen LogP contribution is -2.26. The average Bonchev–Trinajstić information content (AvgIpc) is 2.36. The summed E-state index contributed by atoms with van der Waals surface area (Å²) in [5.74, 6) is -1.80. The fourth-order valence-corrected chi connectivity index (χ4v) is 1.61. The number of esters is 2. The van der Waals surface area contributed by atoms with Crippen LogP contribution in [0, 0.1) is 5.92 Å². The van der Waals surface area contributed by atoms with Gasteiger partial charge in [0.1, 0.15) is 0 Å². The molecule has 0 unspecified atom stereocenters. The smallest absolute Gasteiger partial charge is 0.320 e. The summed E-state index contributed by atoms with van der Waals surface area (Å²) >= 11 is 0. The zero-order valence-electron chi connectivity index (χ0n) is 10.7. The number of hydrogen-bond donors (Lipinski definition) is 0. The summed E-state index contributed by atoms with van der Waals surface area (Å²) in [6.45, 7) is 3.65. The Balaban J connectivity index is 3.88. The summed E-state index contributed by atoms with van der Waals surface area (Å²) in [4.78, 5) is 22.7. The molecule has 0 N–H and O–H groups in total. The van der Waals surface area contributed by atoms with E-state index < -0.39 is 17.9 Å². The van der Waals surface area contributed by atoms with E-state index in [4.69, 9.17) is 0 Å².